The monoisotopic (exact) mass is 218 g/mol. The van der Waals surface area contributed by atoms with Gasteiger partial charge in [-0.1, -0.05) is 12.1 Å². The number of anilines is 2. The van der Waals surface area contributed by atoms with Gasteiger partial charge in [0.1, 0.15) is 5.82 Å². The molecule has 0 bridgehead atoms. The topological polar surface area (TPSA) is 75.3 Å². The summed E-state index contributed by atoms with van der Waals surface area (Å²) in [5.74, 6) is 0.996. The minimum atomic E-state index is 0.0781. The van der Waals surface area contributed by atoms with Gasteiger partial charge in [-0.15, -0.1) is 0 Å². The van der Waals surface area contributed by atoms with Crippen LogP contribution in [0.1, 0.15) is 0 Å². The average molecular weight is 218 g/mol. The fourth-order valence-electron chi connectivity index (χ4n) is 1.62. The molecule has 1 heterocycles. The molecule has 16 heavy (non-hydrogen) atoms. The molecule has 0 saturated heterocycles. The SMILES string of the molecule is CN(CCO)c1nc(N)nc2ccccc12. The number of aliphatic hydroxyl groups is 1. The summed E-state index contributed by atoms with van der Waals surface area (Å²) in [5.41, 5.74) is 6.46. The molecule has 5 nitrogen and oxygen atoms in total. The van der Waals surface area contributed by atoms with Gasteiger partial charge in [0, 0.05) is 19.0 Å². The molecule has 0 fully saturated rings. The van der Waals surface area contributed by atoms with Crippen LogP contribution in [0.4, 0.5) is 11.8 Å². The van der Waals surface area contributed by atoms with Crippen LogP contribution in [0.2, 0.25) is 0 Å². The minimum Gasteiger partial charge on any atom is -0.395 e. The van der Waals surface area contributed by atoms with E-state index >= 15 is 0 Å². The maximum atomic E-state index is 8.92. The Kier molecular flexibility index (Phi) is 2.87. The van der Waals surface area contributed by atoms with Gasteiger partial charge >= 0.3 is 0 Å². The van der Waals surface area contributed by atoms with Crippen LogP contribution in [0.15, 0.2) is 24.3 Å². The summed E-state index contributed by atoms with van der Waals surface area (Å²) in [7, 11) is 1.87. The van der Waals surface area contributed by atoms with Gasteiger partial charge in [0.2, 0.25) is 5.95 Å². The molecule has 2 rings (SSSR count). The summed E-state index contributed by atoms with van der Waals surface area (Å²) in [6.07, 6.45) is 0. The predicted molar refractivity (Wildman–Crippen MR) is 64.3 cm³/mol. The van der Waals surface area contributed by atoms with Crippen LogP contribution in [0.3, 0.4) is 0 Å². The molecule has 0 saturated carbocycles. The number of para-hydroxylation sites is 1. The van der Waals surface area contributed by atoms with Gasteiger partial charge in [-0.2, -0.15) is 4.98 Å². The van der Waals surface area contributed by atoms with E-state index in [0.29, 0.717) is 6.54 Å². The summed E-state index contributed by atoms with van der Waals surface area (Å²) >= 11 is 0. The van der Waals surface area contributed by atoms with E-state index in [4.69, 9.17) is 10.8 Å². The van der Waals surface area contributed by atoms with Crippen LogP contribution < -0.4 is 10.6 Å². The lowest BCUT2D eigenvalue weighted by Crippen LogP contribution is -2.23. The average Bonchev–Trinajstić information content (AvgIpc) is 2.28. The Balaban J connectivity index is 2.58. The number of rotatable bonds is 3. The highest BCUT2D eigenvalue weighted by Crippen LogP contribution is 2.23. The van der Waals surface area contributed by atoms with Crippen molar-refractivity contribution in [3.63, 3.8) is 0 Å². The van der Waals surface area contributed by atoms with Gasteiger partial charge in [0.05, 0.1) is 12.1 Å². The largest absolute Gasteiger partial charge is 0.395 e. The summed E-state index contributed by atoms with van der Waals surface area (Å²) in [6, 6.07) is 7.67. The van der Waals surface area contributed by atoms with E-state index in [2.05, 4.69) is 9.97 Å². The molecule has 0 unspecified atom stereocenters. The van der Waals surface area contributed by atoms with E-state index in [1.54, 1.807) is 0 Å². The van der Waals surface area contributed by atoms with Crippen LogP contribution >= 0.6 is 0 Å². The second kappa shape index (κ2) is 4.32. The van der Waals surface area contributed by atoms with Gasteiger partial charge < -0.3 is 15.7 Å². The first-order valence-electron chi connectivity index (χ1n) is 5.06. The molecule has 3 N–H and O–H groups in total. The summed E-state index contributed by atoms with van der Waals surface area (Å²) < 4.78 is 0. The quantitative estimate of drug-likeness (QED) is 0.790. The Morgan fingerprint density at radius 3 is 2.81 bits per heavy atom. The molecule has 0 radical (unpaired) electrons. The van der Waals surface area contributed by atoms with Gasteiger partial charge in [-0.05, 0) is 12.1 Å². The summed E-state index contributed by atoms with van der Waals surface area (Å²) in [6.45, 7) is 0.592. The molecular formula is C11H14N4O. The molecule has 1 aromatic heterocycles. The second-order valence-electron chi connectivity index (χ2n) is 3.57. The fraction of sp³-hybridized carbons (Fsp3) is 0.273. The molecule has 2 aromatic rings. The Hall–Kier alpha value is -1.88. The second-order valence-corrected chi connectivity index (χ2v) is 3.57. The van der Waals surface area contributed by atoms with Crippen LogP contribution in [-0.4, -0.2) is 35.3 Å². The van der Waals surface area contributed by atoms with Crippen molar-refractivity contribution >= 4 is 22.7 Å². The third-order valence-electron chi connectivity index (χ3n) is 2.40. The number of aromatic nitrogens is 2. The number of likely N-dealkylation sites (N-methyl/N-ethyl adjacent to an activating group) is 1. The maximum Gasteiger partial charge on any atom is 0.222 e. The molecule has 0 aliphatic carbocycles. The zero-order valence-electron chi connectivity index (χ0n) is 9.09. The smallest absolute Gasteiger partial charge is 0.222 e. The van der Waals surface area contributed by atoms with Crippen LogP contribution in [0.5, 0.6) is 0 Å². The summed E-state index contributed by atoms with van der Waals surface area (Å²) in [4.78, 5) is 10.2. The van der Waals surface area contributed by atoms with Crippen molar-refractivity contribution in [1.82, 2.24) is 9.97 Å². The van der Waals surface area contributed by atoms with Gasteiger partial charge in [0.25, 0.3) is 0 Å². The third-order valence-corrected chi connectivity index (χ3v) is 2.40. The first kappa shape index (κ1) is 10.6. The number of aliphatic hydroxyl groups excluding tert-OH is 1. The Bertz CT molecular complexity index is 500. The van der Waals surface area contributed by atoms with Crippen molar-refractivity contribution in [1.29, 1.82) is 0 Å². The van der Waals surface area contributed by atoms with Crippen molar-refractivity contribution in [3.05, 3.63) is 24.3 Å². The van der Waals surface area contributed by atoms with E-state index in [1.165, 1.54) is 0 Å². The van der Waals surface area contributed by atoms with Crippen molar-refractivity contribution in [3.8, 4) is 0 Å². The van der Waals surface area contributed by atoms with Crippen molar-refractivity contribution in [2.24, 2.45) is 0 Å². The van der Waals surface area contributed by atoms with E-state index in [9.17, 15) is 0 Å². The molecule has 84 valence electrons. The Morgan fingerprint density at radius 2 is 2.06 bits per heavy atom. The molecule has 0 aliphatic heterocycles. The van der Waals surface area contributed by atoms with Gasteiger partial charge in [-0.25, -0.2) is 4.98 Å². The highest BCUT2D eigenvalue weighted by Gasteiger charge is 2.09. The van der Waals surface area contributed by atoms with E-state index in [-0.39, 0.29) is 12.6 Å². The molecule has 0 amide bonds. The lowest BCUT2D eigenvalue weighted by molar-refractivity contribution is 0.304. The lowest BCUT2D eigenvalue weighted by Gasteiger charge is -2.18. The number of nitrogens with two attached hydrogens (primary N) is 1. The number of fused-ring (bicyclic) bond motifs is 1. The molecule has 0 atom stereocenters. The first-order valence-corrected chi connectivity index (χ1v) is 5.06. The van der Waals surface area contributed by atoms with Crippen LogP contribution in [0, 0.1) is 0 Å². The van der Waals surface area contributed by atoms with E-state index < -0.39 is 0 Å². The van der Waals surface area contributed by atoms with Crippen LogP contribution in [-0.2, 0) is 0 Å². The predicted octanol–water partition coefficient (Wildman–Crippen LogP) is 0.640. The highest BCUT2D eigenvalue weighted by molar-refractivity contribution is 5.90. The van der Waals surface area contributed by atoms with Crippen LogP contribution in [0.25, 0.3) is 10.9 Å². The molecular weight excluding hydrogens is 204 g/mol. The maximum absolute atomic E-state index is 8.92. The fourth-order valence-corrected chi connectivity index (χ4v) is 1.62. The number of nitrogens with zero attached hydrogens (tertiary/aromatic N) is 3. The lowest BCUT2D eigenvalue weighted by atomic mass is 10.2. The number of hydrogen-bond donors (Lipinski definition) is 2. The first-order chi connectivity index (χ1) is 7.72. The van der Waals surface area contributed by atoms with Crippen molar-refractivity contribution < 1.29 is 5.11 Å². The Labute approximate surface area is 93.5 Å². The number of nitrogen functional groups attached to an aromatic ring is 1. The van der Waals surface area contributed by atoms with Gasteiger partial charge in [0.15, 0.2) is 0 Å². The highest BCUT2D eigenvalue weighted by atomic mass is 16.3. The molecule has 0 aliphatic rings. The minimum absolute atomic E-state index is 0.0781. The van der Waals surface area contributed by atoms with Crippen molar-refractivity contribution in [2.45, 2.75) is 0 Å². The molecule has 0 spiro atoms. The molecule has 5 heteroatoms. The zero-order chi connectivity index (χ0) is 11.5. The molecule has 1 aromatic carbocycles. The zero-order valence-corrected chi connectivity index (χ0v) is 9.09. The number of hydrogen-bond acceptors (Lipinski definition) is 5. The van der Waals surface area contributed by atoms with Gasteiger partial charge in [-0.3, -0.25) is 0 Å². The van der Waals surface area contributed by atoms with E-state index in [0.717, 1.165) is 16.7 Å². The standard InChI is InChI=1S/C11H14N4O/c1-15(6-7-16)10-8-4-2-3-5-9(8)13-11(12)14-10/h2-5,16H,6-7H2,1H3,(H2,12,13,14). The van der Waals surface area contributed by atoms with Crippen molar-refractivity contribution in [2.75, 3.05) is 30.8 Å². The van der Waals surface area contributed by atoms with E-state index in [1.807, 2.05) is 36.2 Å². The normalized spacial score (nSPS) is 10.6. The number of benzene rings is 1. The third kappa shape index (κ3) is 1.90. The Morgan fingerprint density at radius 1 is 1.31 bits per heavy atom. The summed E-state index contributed by atoms with van der Waals surface area (Å²) in [5, 5.41) is 9.86.